The molecule has 0 unspecified atom stereocenters. The highest BCUT2D eigenvalue weighted by Gasteiger charge is 2.33. The molecule has 1 fully saturated rings. The second-order valence-corrected chi connectivity index (χ2v) is 5.58. The number of hydrogen-bond acceptors (Lipinski definition) is 4. The van der Waals surface area contributed by atoms with Gasteiger partial charge in [-0.25, -0.2) is 0 Å². The van der Waals surface area contributed by atoms with Gasteiger partial charge in [-0.2, -0.15) is 0 Å². The first-order valence-corrected chi connectivity index (χ1v) is 6.92. The van der Waals surface area contributed by atoms with E-state index in [2.05, 4.69) is 6.58 Å². The normalized spacial score (nSPS) is 17.1. The molecule has 0 aromatic heterocycles. The monoisotopic (exact) mass is 289 g/mol. The van der Waals surface area contributed by atoms with Crippen molar-refractivity contribution in [3.8, 4) is 5.75 Å². The number of aromatic hydroxyl groups is 1. The Morgan fingerprint density at radius 1 is 1.30 bits per heavy atom. The van der Waals surface area contributed by atoms with Crippen LogP contribution in [0.3, 0.4) is 0 Å². The van der Waals surface area contributed by atoms with Crippen LogP contribution in [0.4, 0.5) is 4.79 Å². The molecule has 1 aromatic rings. The number of rotatable bonds is 3. The molecule has 0 atom stereocenters. The average molecular weight is 289 g/mol. The van der Waals surface area contributed by atoms with Crippen molar-refractivity contribution in [3.63, 3.8) is 0 Å². The molecular formula is C15H15NO3S. The van der Waals surface area contributed by atoms with Gasteiger partial charge in [-0.3, -0.25) is 14.5 Å². The molecule has 1 saturated heterocycles. The topological polar surface area (TPSA) is 57.6 Å². The third-order valence-corrected chi connectivity index (χ3v) is 3.90. The molecule has 2 amide bonds. The summed E-state index contributed by atoms with van der Waals surface area (Å²) in [5.41, 5.74) is 2.27. The molecule has 0 saturated carbocycles. The van der Waals surface area contributed by atoms with Crippen LogP contribution in [0.5, 0.6) is 5.75 Å². The molecule has 4 nitrogen and oxygen atoms in total. The minimum Gasteiger partial charge on any atom is -0.507 e. The summed E-state index contributed by atoms with van der Waals surface area (Å²) in [6.45, 7) is 7.34. The highest BCUT2D eigenvalue weighted by Crippen LogP contribution is 2.33. The van der Waals surface area contributed by atoms with Gasteiger partial charge in [0, 0.05) is 6.54 Å². The van der Waals surface area contributed by atoms with E-state index in [1.54, 1.807) is 32.1 Å². The van der Waals surface area contributed by atoms with Gasteiger partial charge in [-0.15, -0.1) is 6.58 Å². The number of carbonyl (C=O) groups excluding carboxylic acids is 2. The minimum absolute atomic E-state index is 0.218. The number of hydrogen-bond donors (Lipinski definition) is 1. The zero-order valence-corrected chi connectivity index (χ0v) is 12.2. The molecule has 1 aliphatic heterocycles. The van der Waals surface area contributed by atoms with Crippen molar-refractivity contribution < 1.29 is 14.7 Å². The van der Waals surface area contributed by atoms with Gasteiger partial charge in [0.1, 0.15) is 5.75 Å². The molecule has 1 aromatic carbocycles. The van der Waals surface area contributed by atoms with Crippen molar-refractivity contribution in [1.82, 2.24) is 4.90 Å². The van der Waals surface area contributed by atoms with Gasteiger partial charge in [0.05, 0.1) is 4.91 Å². The van der Waals surface area contributed by atoms with Crippen molar-refractivity contribution in [2.75, 3.05) is 6.54 Å². The summed E-state index contributed by atoms with van der Waals surface area (Å²) in [4.78, 5) is 25.3. The second kappa shape index (κ2) is 5.54. The van der Waals surface area contributed by atoms with E-state index in [1.165, 1.54) is 6.08 Å². The quantitative estimate of drug-likeness (QED) is 0.685. The summed E-state index contributed by atoms with van der Waals surface area (Å²) in [5.74, 6) is -0.0507. The molecule has 1 aliphatic rings. The number of phenols is 1. The van der Waals surface area contributed by atoms with Gasteiger partial charge in [-0.05, 0) is 60.5 Å². The first-order chi connectivity index (χ1) is 9.43. The number of amides is 2. The van der Waals surface area contributed by atoms with Crippen LogP contribution in [-0.4, -0.2) is 27.7 Å². The summed E-state index contributed by atoms with van der Waals surface area (Å²) in [6, 6.07) is 3.56. The smallest absolute Gasteiger partial charge is 0.293 e. The van der Waals surface area contributed by atoms with E-state index in [0.29, 0.717) is 4.91 Å². The van der Waals surface area contributed by atoms with Crippen LogP contribution < -0.4 is 0 Å². The minimum atomic E-state index is -0.303. The van der Waals surface area contributed by atoms with Gasteiger partial charge < -0.3 is 5.11 Å². The van der Waals surface area contributed by atoms with Crippen molar-refractivity contribution >= 4 is 29.0 Å². The van der Waals surface area contributed by atoms with E-state index in [4.69, 9.17) is 0 Å². The van der Waals surface area contributed by atoms with Crippen LogP contribution in [0, 0.1) is 13.8 Å². The summed E-state index contributed by atoms with van der Waals surface area (Å²) in [7, 11) is 0. The Morgan fingerprint density at radius 3 is 2.45 bits per heavy atom. The molecule has 0 spiro atoms. The van der Waals surface area contributed by atoms with E-state index in [1.807, 2.05) is 0 Å². The van der Waals surface area contributed by atoms with Crippen LogP contribution in [0.2, 0.25) is 0 Å². The van der Waals surface area contributed by atoms with Crippen molar-refractivity contribution in [1.29, 1.82) is 0 Å². The summed E-state index contributed by atoms with van der Waals surface area (Å²) < 4.78 is 0. The lowest BCUT2D eigenvalue weighted by atomic mass is 10.1. The molecule has 104 valence electrons. The van der Waals surface area contributed by atoms with Crippen LogP contribution >= 0.6 is 11.8 Å². The lowest BCUT2D eigenvalue weighted by Crippen LogP contribution is -2.27. The Labute approximate surface area is 121 Å². The first-order valence-electron chi connectivity index (χ1n) is 6.10. The number of benzene rings is 1. The van der Waals surface area contributed by atoms with E-state index in [9.17, 15) is 14.7 Å². The predicted molar refractivity (Wildman–Crippen MR) is 80.5 cm³/mol. The Bertz CT molecular complexity index is 611. The Kier molecular flexibility index (Phi) is 3.99. The van der Waals surface area contributed by atoms with Crippen molar-refractivity contribution in [2.45, 2.75) is 13.8 Å². The maximum absolute atomic E-state index is 12.1. The van der Waals surface area contributed by atoms with Crippen molar-refractivity contribution in [2.24, 2.45) is 0 Å². The number of thioether (sulfide) groups is 1. The first kappa shape index (κ1) is 14.4. The summed E-state index contributed by atoms with van der Waals surface area (Å²) >= 11 is 0.921. The fourth-order valence-electron chi connectivity index (χ4n) is 2.01. The highest BCUT2D eigenvalue weighted by molar-refractivity contribution is 8.18. The summed E-state index contributed by atoms with van der Waals surface area (Å²) in [5, 5.41) is 9.45. The van der Waals surface area contributed by atoms with Gasteiger partial charge in [-0.1, -0.05) is 6.08 Å². The molecular weight excluding hydrogens is 274 g/mol. The molecule has 0 radical (unpaired) electrons. The largest absolute Gasteiger partial charge is 0.507 e. The van der Waals surface area contributed by atoms with Crippen LogP contribution in [0.1, 0.15) is 16.7 Å². The average Bonchev–Trinajstić information content (AvgIpc) is 2.64. The van der Waals surface area contributed by atoms with E-state index in [-0.39, 0.29) is 23.4 Å². The van der Waals surface area contributed by atoms with Gasteiger partial charge >= 0.3 is 0 Å². The molecule has 1 heterocycles. The fraction of sp³-hybridized carbons (Fsp3) is 0.200. The second-order valence-electron chi connectivity index (χ2n) is 4.58. The van der Waals surface area contributed by atoms with Crippen LogP contribution in [0.25, 0.3) is 6.08 Å². The lowest BCUT2D eigenvalue weighted by molar-refractivity contribution is -0.122. The van der Waals surface area contributed by atoms with Gasteiger partial charge in [0.25, 0.3) is 11.1 Å². The lowest BCUT2D eigenvalue weighted by Gasteiger charge is -2.08. The Balaban J connectivity index is 2.35. The highest BCUT2D eigenvalue weighted by atomic mass is 32.2. The number of imide groups is 1. The molecule has 1 N–H and O–H groups in total. The van der Waals surface area contributed by atoms with Gasteiger partial charge in [0.2, 0.25) is 0 Å². The molecule has 20 heavy (non-hydrogen) atoms. The molecule has 0 bridgehead atoms. The Hall–Kier alpha value is -2.01. The third kappa shape index (κ3) is 2.63. The fourth-order valence-corrected chi connectivity index (χ4v) is 2.86. The maximum Gasteiger partial charge on any atom is 0.293 e. The molecule has 5 heteroatoms. The zero-order chi connectivity index (χ0) is 14.9. The van der Waals surface area contributed by atoms with Crippen LogP contribution in [-0.2, 0) is 4.79 Å². The van der Waals surface area contributed by atoms with Crippen LogP contribution in [0.15, 0.2) is 29.7 Å². The van der Waals surface area contributed by atoms with Crippen molar-refractivity contribution in [3.05, 3.63) is 46.4 Å². The Morgan fingerprint density at radius 2 is 1.90 bits per heavy atom. The SMILES string of the molecule is C=CCN1C(=O)S/C(=C\c2cc(C)c(O)c(C)c2)C1=O. The number of nitrogens with zero attached hydrogens (tertiary/aromatic N) is 1. The molecule has 2 rings (SSSR count). The van der Waals surface area contributed by atoms with E-state index in [0.717, 1.165) is 33.4 Å². The maximum atomic E-state index is 12.1. The summed E-state index contributed by atoms with van der Waals surface area (Å²) in [6.07, 6.45) is 3.20. The molecule has 0 aliphatic carbocycles. The van der Waals surface area contributed by atoms with Gasteiger partial charge in [0.15, 0.2) is 0 Å². The van der Waals surface area contributed by atoms with E-state index < -0.39 is 0 Å². The third-order valence-electron chi connectivity index (χ3n) is 3.00. The standard InChI is InChI=1S/C15H15NO3S/c1-4-5-16-14(18)12(20-15(16)19)8-11-6-9(2)13(17)10(3)7-11/h4,6-8,17H,1,5H2,2-3H3/b12-8-. The number of phenolic OH excluding ortho intramolecular Hbond substituents is 1. The number of aryl methyl sites for hydroxylation is 2. The predicted octanol–water partition coefficient (Wildman–Crippen LogP) is 3.23. The number of carbonyl (C=O) groups is 2. The zero-order valence-electron chi connectivity index (χ0n) is 11.3. The van der Waals surface area contributed by atoms with E-state index >= 15 is 0 Å².